The van der Waals surface area contributed by atoms with Gasteiger partial charge < -0.3 is 20.2 Å². The molecule has 1 aliphatic carbocycles. The zero-order valence-electron chi connectivity index (χ0n) is 16.2. The molecule has 27 heavy (non-hydrogen) atoms. The lowest BCUT2D eigenvalue weighted by atomic mass is 9.88. The van der Waals surface area contributed by atoms with Gasteiger partial charge in [0.05, 0.1) is 0 Å². The molecular formula is C17H19F3N2O5. The minimum Gasteiger partial charge on any atom is -0.480 e. The Morgan fingerprint density at radius 3 is 2.41 bits per heavy atom. The molecule has 10 heteroatoms. The number of alkyl halides is 3. The van der Waals surface area contributed by atoms with Crippen LogP contribution in [0, 0.1) is 0 Å². The molecule has 0 radical (unpaired) electrons. The molecule has 0 saturated heterocycles. The van der Waals surface area contributed by atoms with E-state index in [-0.39, 0.29) is 5.71 Å². The molecular weight excluding hydrogens is 369 g/mol. The third-order valence-corrected chi connectivity index (χ3v) is 4.58. The van der Waals surface area contributed by atoms with Crippen LogP contribution in [0.25, 0.3) is 0 Å². The minimum atomic E-state index is -4.80. The molecule has 0 bridgehead atoms. The van der Waals surface area contributed by atoms with Crippen LogP contribution in [0.4, 0.5) is 13.2 Å². The fraction of sp³-hybridized carbons (Fsp3) is 0.471. The lowest BCUT2D eigenvalue weighted by Crippen LogP contribution is -2.50. The van der Waals surface area contributed by atoms with E-state index >= 15 is 0 Å². The molecule has 0 aromatic heterocycles. The van der Waals surface area contributed by atoms with Gasteiger partial charge in [0.2, 0.25) is 2.86 Å². The first-order chi connectivity index (χ1) is 13.6. The van der Waals surface area contributed by atoms with E-state index < -0.39 is 36.2 Å². The van der Waals surface area contributed by atoms with Crippen molar-refractivity contribution in [2.45, 2.75) is 44.1 Å². The van der Waals surface area contributed by atoms with Crippen molar-refractivity contribution < 1.29 is 38.1 Å². The minimum absolute atomic E-state index is 0.0757. The predicted octanol–water partition coefficient (Wildman–Crippen LogP) is 2.14. The van der Waals surface area contributed by atoms with Crippen molar-refractivity contribution in [2.75, 3.05) is 6.54 Å². The van der Waals surface area contributed by atoms with E-state index in [1.807, 2.05) is 0 Å². The Kier molecular flexibility index (Phi) is 4.97. The smallest absolute Gasteiger partial charge is 0.480 e. The number of aliphatic imine (C=N–C) groups is 1. The van der Waals surface area contributed by atoms with E-state index in [2.05, 4.69) is 15.2 Å². The molecule has 2 aliphatic rings. The van der Waals surface area contributed by atoms with Crippen molar-refractivity contribution in [1.82, 2.24) is 4.90 Å². The van der Waals surface area contributed by atoms with Crippen LogP contribution in [-0.4, -0.2) is 54.5 Å². The highest BCUT2D eigenvalue weighted by atomic mass is 19.4. The molecule has 1 spiro atoms. The van der Waals surface area contributed by atoms with E-state index in [4.69, 9.17) is 7.97 Å². The fourth-order valence-electron chi connectivity index (χ4n) is 3.49. The van der Waals surface area contributed by atoms with E-state index in [0.29, 0.717) is 18.4 Å². The number of carboxylic acids is 1. The van der Waals surface area contributed by atoms with Gasteiger partial charge in [-0.3, -0.25) is 14.6 Å². The Balaban J connectivity index is 0.000000941. The highest BCUT2D eigenvalue weighted by Crippen LogP contribution is 2.39. The number of hydrogen-bond donors (Lipinski definition) is 1. The number of carbonyl (C=O) groups excluding carboxylic acids is 1. The molecule has 3 rings (SSSR count). The second kappa shape index (κ2) is 7.55. The molecule has 0 atom stereocenters. The van der Waals surface area contributed by atoms with E-state index in [1.54, 1.807) is 0 Å². The maximum absolute atomic E-state index is 12.7. The molecule has 1 aromatic rings. The van der Waals surface area contributed by atoms with Crippen LogP contribution in [0.1, 0.15) is 37.7 Å². The standard InChI is InChI=1S/C17H17F3N2O4.H2O/c18-17(19,20)26-12-6-4-11(5-7-12)14-15(25)22(10-13(23)24)16(21-14)8-2-1-3-9-16;/h4-7H,1-3,8-10H2,(H,23,24);1H2/i/hD2. The van der Waals surface area contributed by atoms with Gasteiger partial charge in [0.15, 0.2) is 0 Å². The van der Waals surface area contributed by atoms with Crippen molar-refractivity contribution in [1.29, 1.82) is 2.86 Å². The second-order valence-corrected chi connectivity index (χ2v) is 6.36. The molecule has 1 fully saturated rings. The summed E-state index contributed by atoms with van der Waals surface area (Å²) >= 11 is 0. The number of amides is 1. The normalized spacial score (nSPS) is 19.6. The number of carbonyl (C=O) groups is 2. The molecule has 3 N–H and O–H groups in total. The first-order valence-corrected chi connectivity index (χ1v) is 8.20. The van der Waals surface area contributed by atoms with Crippen molar-refractivity contribution in [3.05, 3.63) is 29.8 Å². The maximum atomic E-state index is 12.7. The van der Waals surface area contributed by atoms with Gasteiger partial charge in [-0.1, -0.05) is 6.42 Å². The monoisotopic (exact) mass is 390 g/mol. The van der Waals surface area contributed by atoms with Gasteiger partial charge in [-0.05, 0) is 49.9 Å². The number of ether oxygens (including phenoxy) is 1. The second-order valence-electron chi connectivity index (χ2n) is 6.36. The average molecular weight is 390 g/mol. The molecule has 7 nitrogen and oxygen atoms in total. The molecule has 1 aromatic carbocycles. The summed E-state index contributed by atoms with van der Waals surface area (Å²) in [6.07, 6.45) is -0.996. The highest BCUT2D eigenvalue weighted by molar-refractivity contribution is 6.47. The summed E-state index contributed by atoms with van der Waals surface area (Å²) in [6, 6.07) is 4.84. The zero-order valence-corrected chi connectivity index (χ0v) is 14.2. The molecule has 1 saturated carbocycles. The van der Waals surface area contributed by atoms with E-state index in [1.165, 1.54) is 17.0 Å². The summed E-state index contributed by atoms with van der Waals surface area (Å²) in [4.78, 5) is 29.7. The van der Waals surface area contributed by atoms with E-state index in [9.17, 15) is 22.8 Å². The summed E-state index contributed by atoms with van der Waals surface area (Å²) in [5, 5.41) is 9.14. The van der Waals surface area contributed by atoms with Crippen LogP contribution in [0.15, 0.2) is 29.3 Å². The Hall–Kier alpha value is -2.62. The lowest BCUT2D eigenvalue weighted by Gasteiger charge is -2.38. The van der Waals surface area contributed by atoms with Gasteiger partial charge in [-0.2, -0.15) is 0 Å². The number of nitrogens with zero attached hydrogens (tertiary/aromatic N) is 2. The molecule has 1 heterocycles. The van der Waals surface area contributed by atoms with Crippen LogP contribution in [0.2, 0.25) is 0 Å². The summed E-state index contributed by atoms with van der Waals surface area (Å²) in [6.45, 7) is -0.457. The number of hydrogen-bond acceptors (Lipinski definition) is 4. The van der Waals surface area contributed by atoms with Crippen LogP contribution in [-0.2, 0) is 9.59 Å². The number of benzene rings is 1. The van der Waals surface area contributed by atoms with Crippen LogP contribution < -0.4 is 4.74 Å². The van der Waals surface area contributed by atoms with Gasteiger partial charge in [0.1, 0.15) is 23.7 Å². The Labute approximate surface area is 155 Å². The molecule has 148 valence electrons. The third-order valence-electron chi connectivity index (χ3n) is 4.58. The summed E-state index contributed by atoms with van der Waals surface area (Å²) < 4.78 is 51.3. The molecule has 1 aliphatic heterocycles. The van der Waals surface area contributed by atoms with Crippen molar-refractivity contribution in [3.63, 3.8) is 0 Å². The number of halogens is 3. The predicted molar refractivity (Wildman–Crippen MR) is 88.4 cm³/mol. The largest absolute Gasteiger partial charge is 0.573 e. The molecule has 1 amide bonds. The van der Waals surface area contributed by atoms with Gasteiger partial charge in [0, 0.05) is 5.56 Å². The average Bonchev–Trinajstić information content (AvgIpc) is 2.88. The molecule has 0 unspecified atom stereocenters. The first-order valence-electron chi connectivity index (χ1n) is 9.02. The van der Waals surface area contributed by atoms with Gasteiger partial charge >= 0.3 is 12.3 Å². The Morgan fingerprint density at radius 1 is 1.30 bits per heavy atom. The van der Waals surface area contributed by atoms with Crippen LogP contribution in [0.3, 0.4) is 0 Å². The fourth-order valence-corrected chi connectivity index (χ4v) is 3.49. The quantitative estimate of drug-likeness (QED) is 0.849. The van der Waals surface area contributed by atoms with Crippen molar-refractivity contribution >= 4 is 17.6 Å². The number of rotatable bonds is 4. The first kappa shape index (κ1) is 17.8. The van der Waals surface area contributed by atoms with Gasteiger partial charge in [-0.15, -0.1) is 13.2 Å². The highest BCUT2D eigenvalue weighted by Gasteiger charge is 2.48. The third kappa shape index (κ3) is 4.38. The van der Waals surface area contributed by atoms with Gasteiger partial charge in [-0.25, -0.2) is 0 Å². The summed E-state index contributed by atoms with van der Waals surface area (Å²) in [7, 11) is 0. The SMILES string of the molecule is O=C(O)CN1C(=O)C(c2ccc(OC(F)(F)F)cc2)=NC12CCCCC2.[2H]O[2H]. The van der Waals surface area contributed by atoms with Crippen LogP contribution in [0.5, 0.6) is 5.75 Å². The number of aliphatic carboxylic acids is 1. The number of carboxylic acid groups (broad SMARTS) is 1. The Morgan fingerprint density at radius 2 is 1.89 bits per heavy atom. The van der Waals surface area contributed by atoms with E-state index in [0.717, 1.165) is 31.4 Å². The topological polar surface area (TPSA) is 111 Å². The summed E-state index contributed by atoms with van der Waals surface area (Å²) in [5.41, 5.74) is 2.29. The zero-order chi connectivity index (χ0) is 21.7. The van der Waals surface area contributed by atoms with Gasteiger partial charge in [0.25, 0.3) is 5.91 Å². The lowest BCUT2D eigenvalue weighted by molar-refractivity contribution is -0.274. The summed E-state index contributed by atoms with van der Waals surface area (Å²) in [5.74, 6) is -2.05. The van der Waals surface area contributed by atoms with Crippen LogP contribution >= 0.6 is 0 Å². The Bertz CT molecular complexity index is 765. The van der Waals surface area contributed by atoms with Crippen molar-refractivity contribution in [3.8, 4) is 5.75 Å². The maximum Gasteiger partial charge on any atom is 0.573 e. The van der Waals surface area contributed by atoms with Crippen molar-refractivity contribution in [2.24, 2.45) is 4.99 Å².